The van der Waals surface area contributed by atoms with Crippen molar-refractivity contribution in [2.75, 3.05) is 13.1 Å². The van der Waals surface area contributed by atoms with E-state index in [-0.39, 0.29) is 11.3 Å². The first-order valence-corrected chi connectivity index (χ1v) is 5.48. The first-order valence-electron chi connectivity index (χ1n) is 5.48. The van der Waals surface area contributed by atoms with E-state index >= 15 is 0 Å². The summed E-state index contributed by atoms with van der Waals surface area (Å²) in [6.45, 7) is 7.86. The van der Waals surface area contributed by atoms with Crippen molar-refractivity contribution in [2.45, 2.75) is 46.5 Å². The van der Waals surface area contributed by atoms with Gasteiger partial charge in [-0.05, 0) is 31.2 Å². The second-order valence-corrected chi connectivity index (χ2v) is 4.55. The van der Waals surface area contributed by atoms with E-state index in [2.05, 4.69) is 26.1 Å². The van der Waals surface area contributed by atoms with Crippen LogP contribution in [0.1, 0.15) is 46.5 Å². The van der Waals surface area contributed by atoms with E-state index < -0.39 is 0 Å². The Morgan fingerprint density at radius 3 is 2.50 bits per heavy atom. The summed E-state index contributed by atoms with van der Waals surface area (Å²) in [4.78, 5) is 11.3. The van der Waals surface area contributed by atoms with Crippen LogP contribution in [0.5, 0.6) is 0 Å². The lowest BCUT2D eigenvalue weighted by Gasteiger charge is -2.23. The lowest BCUT2D eigenvalue weighted by Crippen LogP contribution is -2.26. The van der Waals surface area contributed by atoms with Gasteiger partial charge in [-0.1, -0.05) is 20.8 Å². The Hall–Kier alpha value is -0.570. The Morgan fingerprint density at radius 2 is 2.00 bits per heavy atom. The molecule has 0 aromatic heterocycles. The third-order valence-electron chi connectivity index (χ3n) is 2.42. The maximum atomic E-state index is 11.3. The van der Waals surface area contributed by atoms with Crippen molar-refractivity contribution in [2.24, 2.45) is 11.1 Å². The average Bonchev–Trinajstić information content (AvgIpc) is 2.11. The highest BCUT2D eigenvalue weighted by molar-refractivity contribution is 5.75. The van der Waals surface area contributed by atoms with Crippen molar-refractivity contribution in [3.63, 3.8) is 0 Å². The van der Waals surface area contributed by atoms with Crippen molar-refractivity contribution in [3.8, 4) is 0 Å². The maximum Gasteiger partial charge on any atom is 0.220 e. The number of nitrogens with one attached hydrogen (secondary N) is 1. The lowest BCUT2D eigenvalue weighted by molar-refractivity contribution is -0.121. The van der Waals surface area contributed by atoms with Crippen molar-refractivity contribution in [3.05, 3.63) is 0 Å². The van der Waals surface area contributed by atoms with E-state index in [0.29, 0.717) is 13.0 Å². The Morgan fingerprint density at radius 1 is 1.36 bits per heavy atom. The minimum absolute atomic E-state index is 0.164. The molecule has 0 aromatic rings. The molecule has 0 rings (SSSR count). The SMILES string of the molecule is CCCNC(=O)CCC(C)(C)CCN. The number of hydrogen-bond acceptors (Lipinski definition) is 2. The fraction of sp³-hybridized carbons (Fsp3) is 0.909. The molecule has 3 N–H and O–H groups in total. The molecule has 14 heavy (non-hydrogen) atoms. The highest BCUT2D eigenvalue weighted by atomic mass is 16.1. The van der Waals surface area contributed by atoms with Gasteiger partial charge in [-0.3, -0.25) is 4.79 Å². The number of carbonyl (C=O) groups excluding carboxylic acids is 1. The van der Waals surface area contributed by atoms with E-state index in [1.165, 1.54) is 0 Å². The van der Waals surface area contributed by atoms with Crippen LogP contribution >= 0.6 is 0 Å². The molecule has 0 unspecified atom stereocenters. The molecule has 0 saturated heterocycles. The topological polar surface area (TPSA) is 55.1 Å². The van der Waals surface area contributed by atoms with E-state index in [1.54, 1.807) is 0 Å². The van der Waals surface area contributed by atoms with Crippen molar-refractivity contribution < 1.29 is 4.79 Å². The summed E-state index contributed by atoms with van der Waals surface area (Å²) in [5.74, 6) is 0.164. The molecule has 0 heterocycles. The van der Waals surface area contributed by atoms with Crippen molar-refractivity contribution in [1.29, 1.82) is 0 Å². The standard InChI is InChI=1S/C11H24N2O/c1-4-9-13-10(14)5-6-11(2,3)7-8-12/h4-9,12H2,1-3H3,(H,13,14). The largest absolute Gasteiger partial charge is 0.356 e. The minimum Gasteiger partial charge on any atom is -0.356 e. The minimum atomic E-state index is 0.164. The van der Waals surface area contributed by atoms with Gasteiger partial charge < -0.3 is 11.1 Å². The van der Waals surface area contributed by atoms with Crippen LogP contribution in [0, 0.1) is 5.41 Å². The van der Waals surface area contributed by atoms with Crippen LogP contribution < -0.4 is 11.1 Å². The molecule has 1 amide bonds. The van der Waals surface area contributed by atoms with Crippen LogP contribution in [0.2, 0.25) is 0 Å². The molecule has 84 valence electrons. The van der Waals surface area contributed by atoms with E-state index in [1.807, 2.05) is 0 Å². The average molecular weight is 200 g/mol. The molecular weight excluding hydrogens is 176 g/mol. The first-order chi connectivity index (χ1) is 6.52. The normalized spacial score (nSPS) is 11.4. The Labute approximate surface area is 87.4 Å². The van der Waals surface area contributed by atoms with E-state index in [9.17, 15) is 4.79 Å². The third kappa shape index (κ3) is 6.89. The zero-order valence-electron chi connectivity index (χ0n) is 9.73. The van der Waals surface area contributed by atoms with Gasteiger partial charge in [0.25, 0.3) is 0 Å². The van der Waals surface area contributed by atoms with Crippen molar-refractivity contribution in [1.82, 2.24) is 5.32 Å². The second-order valence-electron chi connectivity index (χ2n) is 4.55. The summed E-state index contributed by atoms with van der Waals surface area (Å²) in [5, 5.41) is 2.88. The smallest absolute Gasteiger partial charge is 0.220 e. The quantitative estimate of drug-likeness (QED) is 0.657. The summed E-state index contributed by atoms with van der Waals surface area (Å²) in [7, 11) is 0. The summed E-state index contributed by atoms with van der Waals surface area (Å²) >= 11 is 0. The molecule has 0 aliphatic heterocycles. The third-order valence-corrected chi connectivity index (χ3v) is 2.42. The van der Waals surface area contributed by atoms with Crippen LogP contribution in [0.15, 0.2) is 0 Å². The van der Waals surface area contributed by atoms with Crippen LogP contribution in [-0.2, 0) is 4.79 Å². The van der Waals surface area contributed by atoms with Gasteiger partial charge >= 0.3 is 0 Å². The molecule has 3 nitrogen and oxygen atoms in total. The van der Waals surface area contributed by atoms with Crippen LogP contribution in [0.3, 0.4) is 0 Å². The Bertz CT molecular complexity index is 167. The van der Waals surface area contributed by atoms with Gasteiger partial charge in [-0.25, -0.2) is 0 Å². The zero-order valence-corrected chi connectivity index (χ0v) is 9.73. The van der Waals surface area contributed by atoms with Crippen molar-refractivity contribution >= 4 is 5.91 Å². The molecule has 0 radical (unpaired) electrons. The van der Waals surface area contributed by atoms with Gasteiger partial charge in [0, 0.05) is 13.0 Å². The fourth-order valence-electron chi connectivity index (χ4n) is 1.32. The number of hydrogen-bond donors (Lipinski definition) is 2. The van der Waals surface area contributed by atoms with Crippen LogP contribution in [0.25, 0.3) is 0 Å². The Kier molecular flexibility index (Phi) is 6.54. The number of amides is 1. The Balaban J connectivity index is 3.64. The van der Waals surface area contributed by atoms with E-state index in [0.717, 1.165) is 25.8 Å². The highest BCUT2D eigenvalue weighted by Gasteiger charge is 2.17. The lowest BCUT2D eigenvalue weighted by atomic mass is 9.84. The maximum absolute atomic E-state index is 11.3. The molecule has 0 atom stereocenters. The monoisotopic (exact) mass is 200 g/mol. The zero-order chi connectivity index (χ0) is 11.0. The first kappa shape index (κ1) is 13.4. The molecule has 0 aromatic carbocycles. The predicted octanol–water partition coefficient (Wildman–Crippen LogP) is 1.67. The number of carbonyl (C=O) groups is 1. The van der Waals surface area contributed by atoms with Crippen LogP contribution in [-0.4, -0.2) is 19.0 Å². The molecule has 0 saturated carbocycles. The fourth-order valence-corrected chi connectivity index (χ4v) is 1.32. The number of nitrogens with two attached hydrogens (primary N) is 1. The molecule has 0 fully saturated rings. The van der Waals surface area contributed by atoms with Gasteiger partial charge in [-0.2, -0.15) is 0 Å². The second kappa shape index (κ2) is 6.82. The summed E-state index contributed by atoms with van der Waals surface area (Å²) in [5.41, 5.74) is 5.69. The molecule has 0 spiro atoms. The molecule has 0 bridgehead atoms. The molecular formula is C11H24N2O. The summed E-state index contributed by atoms with van der Waals surface area (Å²) in [6.07, 6.45) is 3.51. The summed E-state index contributed by atoms with van der Waals surface area (Å²) in [6, 6.07) is 0. The number of rotatable bonds is 7. The molecule has 0 aliphatic carbocycles. The van der Waals surface area contributed by atoms with Gasteiger partial charge in [0.05, 0.1) is 0 Å². The molecule has 0 aliphatic rings. The van der Waals surface area contributed by atoms with Gasteiger partial charge in [0.2, 0.25) is 5.91 Å². The predicted molar refractivity (Wildman–Crippen MR) is 60.0 cm³/mol. The van der Waals surface area contributed by atoms with E-state index in [4.69, 9.17) is 5.73 Å². The van der Waals surface area contributed by atoms with Crippen LogP contribution in [0.4, 0.5) is 0 Å². The van der Waals surface area contributed by atoms with Gasteiger partial charge in [0.1, 0.15) is 0 Å². The highest BCUT2D eigenvalue weighted by Crippen LogP contribution is 2.25. The summed E-state index contributed by atoms with van der Waals surface area (Å²) < 4.78 is 0. The van der Waals surface area contributed by atoms with Gasteiger partial charge in [0.15, 0.2) is 0 Å². The van der Waals surface area contributed by atoms with Gasteiger partial charge in [-0.15, -0.1) is 0 Å². The molecule has 3 heteroatoms.